The number of carbonyl (C=O) groups excluding carboxylic acids is 1. The van der Waals surface area contributed by atoms with Gasteiger partial charge in [0.05, 0.1) is 0 Å². The molecule has 0 aliphatic carbocycles. The van der Waals surface area contributed by atoms with E-state index in [1.54, 1.807) is 0 Å². The van der Waals surface area contributed by atoms with Crippen molar-refractivity contribution in [3.63, 3.8) is 0 Å². The van der Waals surface area contributed by atoms with Crippen molar-refractivity contribution in [2.75, 3.05) is 0 Å². The van der Waals surface area contributed by atoms with Gasteiger partial charge in [-0.25, -0.2) is 0 Å². The lowest BCUT2D eigenvalue weighted by molar-refractivity contribution is 0.0824. The van der Waals surface area contributed by atoms with E-state index in [1.807, 2.05) is 62.4 Å². The SMILES string of the molecule is Cc1cc2cc(C(=O)C(C)(CC=N)Cc3ccccc3)ccc2[nH]1. The van der Waals surface area contributed by atoms with Crippen LogP contribution in [0.2, 0.25) is 0 Å². The molecule has 0 aliphatic heterocycles. The van der Waals surface area contributed by atoms with Crippen LogP contribution in [0.25, 0.3) is 10.9 Å². The lowest BCUT2D eigenvalue weighted by Gasteiger charge is -2.27. The second-order valence-corrected chi connectivity index (χ2v) is 6.71. The zero-order chi connectivity index (χ0) is 17.2. The van der Waals surface area contributed by atoms with Crippen molar-refractivity contribution in [1.29, 1.82) is 5.41 Å². The van der Waals surface area contributed by atoms with Crippen LogP contribution in [0.3, 0.4) is 0 Å². The fourth-order valence-electron chi connectivity index (χ4n) is 3.28. The van der Waals surface area contributed by atoms with Crippen LogP contribution in [0.15, 0.2) is 54.6 Å². The van der Waals surface area contributed by atoms with Crippen LogP contribution in [0.1, 0.15) is 35.0 Å². The van der Waals surface area contributed by atoms with Gasteiger partial charge in [-0.15, -0.1) is 0 Å². The van der Waals surface area contributed by atoms with Gasteiger partial charge in [-0.05, 0) is 55.8 Å². The second-order valence-electron chi connectivity index (χ2n) is 6.71. The van der Waals surface area contributed by atoms with E-state index in [0.717, 1.165) is 22.2 Å². The quantitative estimate of drug-likeness (QED) is 0.490. The van der Waals surface area contributed by atoms with Crippen molar-refractivity contribution >= 4 is 22.9 Å². The number of nitrogens with one attached hydrogen (secondary N) is 2. The molecule has 0 bridgehead atoms. The van der Waals surface area contributed by atoms with Crippen LogP contribution in [-0.4, -0.2) is 17.0 Å². The summed E-state index contributed by atoms with van der Waals surface area (Å²) in [5, 5.41) is 8.58. The van der Waals surface area contributed by atoms with E-state index in [1.165, 1.54) is 6.21 Å². The van der Waals surface area contributed by atoms with Crippen LogP contribution in [0.5, 0.6) is 0 Å². The summed E-state index contributed by atoms with van der Waals surface area (Å²) in [7, 11) is 0. The van der Waals surface area contributed by atoms with Gasteiger partial charge in [-0.2, -0.15) is 0 Å². The van der Waals surface area contributed by atoms with E-state index < -0.39 is 5.41 Å². The second kappa shape index (κ2) is 6.44. The van der Waals surface area contributed by atoms with E-state index in [0.29, 0.717) is 18.4 Å². The van der Waals surface area contributed by atoms with Crippen molar-refractivity contribution in [1.82, 2.24) is 4.98 Å². The summed E-state index contributed by atoms with van der Waals surface area (Å²) in [5.41, 5.74) is 3.35. The third-order valence-electron chi connectivity index (χ3n) is 4.56. The normalized spacial score (nSPS) is 13.6. The summed E-state index contributed by atoms with van der Waals surface area (Å²) < 4.78 is 0. The Morgan fingerprint density at radius 1 is 1.17 bits per heavy atom. The summed E-state index contributed by atoms with van der Waals surface area (Å²) in [6.45, 7) is 3.97. The Labute approximate surface area is 142 Å². The highest BCUT2D eigenvalue weighted by Crippen LogP contribution is 2.31. The minimum atomic E-state index is -0.609. The molecule has 2 N–H and O–H groups in total. The Morgan fingerprint density at radius 2 is 1.92 bits per heavy atom. The Balaban J connectivity index is 1.96. The van der Waals surface area contributed by atoms with E-state index in [4.69, 9.17) is 5.41 Å². The molecule has 1 unspecified atom stereocenters. The maximum absolute atomic E-state index is 13.2. The van der Waals surface area contributed by atoms with Crippen LogP contribution in [0, 0.1) is 17.7 Å². The van der Waals surface area contributed by atoms with Gasteiger partial charge in [0.25, 0.3) is 0 Å². The van der Waals surface area contributed by atoms with Gasteiger partial charge in [0.15, 0.2) is 5.78 Å². The smallest absolute Gasteiger partial charge is 0.169 e. The van der Waals surface area contributed by atoms with E-state index in [2.05, 4.69) is 11.1 Å². The minimum absolute atomic E-state index is 0.0932. The molecule has 0 saturated heterocycles. The largest absolute Gasteiger partial charge is 0.359 e. The molecular formula is C21H22N2O. The lowest BCUT2D eigenvalue weighted by Crippen LogP contribution is -2.31. The molecule has 1 atom stereocenters. The number of carbonyl (C=O) groups is 1. The van der Waals surface area contributed by atoms with Crippen LogP contribution >= 0.6 is 0 Å². The fourth-order valence-corrected chi connectivity index (χ4v) is 3.28. The van der Waals surface area contributed by atoms with Crippen LogP contribution in [0.4, 0.5) is 0 Å². The van der Waals surface area contributed by atoms with Gasteiger partial charge in [0, 0.05) is 27.6 Å². The molecule has 0 aliphatic rings. The molecule has 0 radical (unpaired) electrons. The number of benzene rings is 2. The number of fused-ring (bicyclic) bond motifs is 1. The van der Waals surface area contributed by atoms with Gasteiger partial charge in [0.2, 0.25) is 0 Å². The average molecular weight is 318 g/mol. The Kier molecular flexibility index (Phi) is 4.34. The summed E-state index contributed by atoms with van der Waals surface area (Å²) >= 11 is 0. The molecule has 2 aromatic carbocycles. The topological polar surface area (TPSA) is 56.7 Å². The average Bonchev–Trinajstić information content (AvgIpc) is 2.94. The van der Waals surface area contributed by atoms with E-state index in [9.17, 15) is 4.79 Å². The highest BCUT2D eigenvalue weighted by atomic mass is 16.1. The van der Waals surface area contributed by atoms with E-state index >= 15 is 0 Å². The predicted octanol–water partition coefficient (Wildman–Crippen LogP) is 4.95. The number of H-pyrrole nitrogens is 1. The van der Waals surface area contributed by atoms with Crippen molar-refractivity contribution in [3.05, 3.63) is 71.4 Å². The number of hydrogen-bond donors (Lipinski definition) is 2. The van der Waals surface area contributed by atoms with E-state index in [-0.39, 0.29) is 5.78 Å². The summed E-state index contributed by atoms with van der Waals surface area (Å²) in [5.74, 6) is 0.0932. The molecule has 3 nitrogen and oxygen atoms in total. The number of aromatic amines is 1. The highest BCUT2D eigenvalue weighted by molar-refractivity contribution is 6.04. The summed E-state index contributed by atoms with van der Waals surface area (Å²) in [6, 6.07) is 17.9. The standard InChI is InChI=1S/C21H22N2O/c1-15-12-18-13-17(8-9-19(18)23-15)20(24)21(2,10-11-22)14-16-6-4-3-5-7-16/h3-9,11-13,22-23H,10,14H2,1-2H3. The summed E-state index contributed by atoms with van der Waals surface area (Å²) in [4.78, 5) is 16.5. The van der Waals surface area contributed by atoms with Crippen LogP contribution < -0.4 is 0 Å². The maximum Gasteiger partial charge on any atom is 0.169 e. The molecule has 3 rings (SSSR count). The molecule has 0 spiro atoms. The number of Topliss-reactive ketones (excluding diaryl/α,β-unsaturated/α-hetero) is 1. The first kappa shape index (κ1) is 16.2. The third kappa shape index (κ3) is 3.16. The molecule has 3 heteroatoms. The number of aromatic nitrogens is 1. The fraction of sp³-hybridized carbons (Fsp3) is 0.238. The lowest BCUT2D eigenvalue weighted by atomic mass is 9.75. The first-order valence-electron chi connectivity index (χ1n) is 8.19. The molecule has 0 saturated carbocycles. The van der Waals surface area contributed by atoms with Gasteiger partial charge in [-0.1, -0.05) is 37.3 Å². The highest BCUT2D eigenvalue weighted by Gasteiger charge is 2.33. The van der Waals surface area contributed by atoms with Gasteiger partial charge in [0.1, 0.15) is 0 Å². The first-order valence-corrected chi connectivity index (χ1v) is 8.19. The zero-order valence-electron chi connectivity index (χ0n) is 14.1. The zero-order valence-corrected chi connectivity index (χ0v) is 14.1. The maximum atomic E-state index is 13.2. The molecule has 0 fully saturated rings. The van der Waals surface area contributed by atoms with Gasteiger partial charge in [-0.3, -0.25) is 4.79 Å². The Bertz CT molecular complexity index is 879. The molecule has 0 amide bonds. The third-order valence-corrected chi connectivity index (χ3v) is 4.56. The monoisotopic (exact) mass is 318 g/mol. The van der Waals surface area contributed by atoms with Gasteiger partial charge >= 0.3 is 0 Å². The number of ketones is 1. The minimum Gasteiger partial charge on any atom is -0.359 e. The summed E-state index contributed by atoms with van der Waals surface area (Å²) in [6.07, 6.45) is 2.41. The van der Waals surface area contributed by atoms with Crippen LogP contribution in [-0.2, 0) is 6.42 Å². The Hall–Kier alpha value is -2.68. The molecular weight excluding hydrogens is 296 g/mol. The number of hydrogen-bond acceptors (Lipinski definition) is 2. The van der Waals surface area contributed by atoms with Crippen molar-refractivity contribution in [2.45, 2.75) is 26.7 Å². The van der Waals surface area contributed by atoms with Crippen molar-refractivity contribution < 1.29 is 4.79 Å². The number of aryl methyl sites for hydroxylation is 1. The molecule has 24 heavy (non-hydrogen) atoms. The first-order chi connectivity index (χ1) is 11.5. The van der Waals surface area contributed by atoms with Gasteiger partial charge < -0.3 is 10.4 Å². The predicted molar refractivity (Wildman–Crippen MR) is 99.0 cm³/mol. The number of rotatable bonds is 6. The molecule has 1 heterocycles. The molecule has 1 aromatic heterocycles. The van der Waals surface area contributed by atoms with Crippen molar-refractivity contribution in [3.8, 4) is 0 Å². The van der Waals surface area contributed by atoms with Crippen molar-refractivity contribution in [2.24, 2.45) is 5.41 Å². The molecule has 122 valence electrons. The molecule has 3 aromatic rings. The Morgan fingerprint density at radius 3 is 2.62 bits per heavy atom.